The number of hydrogen-bond acceptors (Lipinski definition) is 3. The molecule has 1 N–H and O–H groups in total. The van der Waals surface area contributed by atoms with E-state index in [1.165, 1.54) is 0 Å². The fourth-order valence-electron chi connectivity index (χ4n) is 4.27. The molecule has 0 fully saturated rings. The van der Waals surface area contributed by atoms with Crippen LogP contribution in [0.4, 0.5) is 0 Å². The average molecular weight is 562 g/mol. The van der Waals surface area contributed by atoms with E-state index in [9.17, 15) is 9.59 Å². The van der Waals surface area contributed by atoms with E-state index in [0.717, 1.165) is 28.0 Å². The highest BCUT2D eigenvalue weighted by atomic mass is 35.5. The number of benzene rings is 4. The molecule has 7 heteroatoms. The van der Waals surface area contributed by atoms with Crippen LogP contribution in [0.25, 0.3) is 0 Å². The molecule has 5 nitrogen and oxygen atoms in total. The van der Waals surface area contributed by atoms with Gasteiger partial charge >= 0.3 is 0 Å². The Morgan fingerprint density at radius 3 is 1.90 bits per heavy atom. The lowest BCUT2D eigenvalue weighted by Gasteiger charge is -2.32. The number of halogens is 2. The Morgan fingerprint density at radius 2 is 1.31 bits per heavy atom. The molecule has 0 aromatic heterocycles. The van der Waals surface area contributed by atoms with Gasteiger partial charge in [-0.05, 0) is 58.7 Å². The molecule has 0 saturated carbocycles. The summed E-state index contributed by atoms with van der Waals surface area (Å²) < 4.78 is 5.29. The number of ether oxygens (including phenoxy) is 1. The molecule has 0 saturated heterocycles. The minimum atomic E-state index is -0.735. The SMILES string of the molecule is COc1ccc(CN(C(=O)Cc2ccc(Cl)cc2)[C@H](Cc2ccccc2)C(=O)NCc2ccc(Cl)cc2)cc1. The lowest BCUT2D eigenvalue weighted by atomic mass is 10.0. The van der Waals surface area contributed by atoms with E-state index in [2.05, 4.69) is 5.32 Å². The van der Waals surface area contributed by atoms with Gasteiger partial charge in [0, 0.05) is 29.6 Å². The van der Waals surface area contributed by atoms with E-state index in [-0.39, 0.29) is 24.8 Å². The first-order valence-corrected chi connectivity index (χ1v) is 13.4. The summed E-state index contributed by atoms with van der Waals surface area (Å²) in [4.78, 5) is 29.3. The Labute approximate surface area is 239 Å². The van der Waals surface area contributed by atoms with Gasteiger partial charge in [0.25, 0.3) is 0 Å². The van der Waals surface area contributed by atoms with Crippen molar-refractivity contribution in [2.75, 3.05) is 7.11 Å². The van der Waals surface area contributed by atoms with Crippen LogP contribution in [0.5, 0.6) is 5.75 Å². The predicted molar refractivity (Wildman–Crippen MR) is 156 cm³/mol. The van der Waals surface area contributed by atoms with Crippen molar-refractivity contribution in [3.8, 4) is 5.75 Å². The Hall–Kier alpha value is -3.80. The van der Waals surface area contributed by atoms with Gasteiger partial charge in [-0.25, -0.2) is 0 Å². The fraction of sp³-hybridized carbons (Fsp3) is 0.188. The van der Waals surface area contributed by atoms with Crippen molar-refractivity contribution in [2.45, 2.75) is 32.0 Å². The first kappa shape index (κ1) is 28.2. The zero-order chi connectivity index (χ0) is 27.6. The highest BCUT2D eigenvalue weighted by Crippen LogP contribution is 2.20. The van der Waals surface area contributed by atoms with Crippen LogP contribution in [-0.2, 0) is 35.5 Å². The van der Waals surface area contributed by atoms with Gasteiger partial charge in [-0.1, -0.05) is 89.9 Å². The number of carbonyl (C=O) groups is 2. The highest BCUT2D eigenvalue weighted by molar-refractivity contribution is 6.30. The normalized spacial score (nSPS) is 11.5. The van der Waals surface area contributed by atoms with E-state index < -0.39 is 6.04 Å². The molecule has 0 radical (unpaired) electrons. The fourth-order valence-corrected chi connectivity index (χ4v) is 4.52. The molecule has 0 aliphatic rings. The van der Waals surface area contributed by atoms with Crippen molar-refractivity contribution in [3.05, 3.63) is 135 Å². The molecular weight excluding hydrogens is 531 g/mol. The number of amides is 2. The third-order valence-electron chi connectivity index (χ3n) is 6.43. The van der Waals surface area contributed by atoms with Crippen molar-refractivity contribution in [3.63, 3.8) is 0 Å². The van der Waals surface area contributed by atoms with Crippen LogP contribution in [0.3, 0.4) is 0 Å². The van der Waals surface area contributed by atoms with Gasteiger partial charge < -0.3 is 15.0 Å². The molecular formula is C32H30Cl2N2O3. The quantitative estimate of drug-likeness (QED) is 0.228. The summed E-state index contributed by atoms with van der Waals surface area (Å²) in [6, 6.07) is 31.0. The van der Waals surface area contributed by atoms with Crippen molar-refractivity contribution >= 4 is 35.0 Å². The number of carbonyl (C=O) groups excluding carboxylic acids is 2. The topological polar surface area (TPSA) is 58.6 Å². The third kappa shape index (κ3) is 8.34. The number of rotatable bonds is 11. The smallest absolute Gasteiger partial charge is 0.243 e. The van der Waals surface area contributed by atoms with Crippen LogP contribution < -0.4 is 10.1 Å². The number of hydrogen-bond donors (Lipinski definition) is 1. The van der Waals surface area contributed by atoms with E-state index in [0.29, 0.717) is 23.0 Å². The summed E-state index contributed by atoms with van der Waals surface area (Å²) >= 11 is 12.1. The van der Waals surface area contributed by atoms with Crippen molar-refractivity contribution in [2.24, 2.45) is 0 Å². The summed E-state index contributed by atoms with van der Waals surface area (Å²) in [5, 5.41) is 4.27. The van der Waals surface area contributed by atoms with E-state index >= 15 is 0 Å². The molecule has 0 spiro atoms. The molecule has 1 atom stereocenters. The predicted octanol–water partition coefficient (Wildman–Crippen LogP) is 6.50. The van der Waals surface area contributed by atoms with Crippen molar-refractivity contribution in [1.82, 2.24) is 10.2 Å². The monoisotopic (exact) mass is 560 g/mol. The van der Waals surface area contributed by atoms with Gasteiger partial charge in [0.1, 0.15) is 11.8 Å². The van der Waals surface area contributed by atoms with Crippen LogP contribution in [0.1, 0.15) is 22.3 Å². The molecule has 4 aromatic carbocycles. The zero-order valence-corrected chi connectivity index (χ0v) is 23.2. The molecule has 0 aliphatic carbocycles. The zero-order valence-electron chi connectivity index (χ0n) is 21.6. The van der Waals surface area contributed by atoms with Gasteiger partial charge in [-0.15, -0.1) is 0 Å². The summed E-state index contributed by atoms with van der Waals surface area (Å²) in [5.74, 6) is 0.335. The first-order chi connectivity index (χ1) is 18.9. The van der Waals surface area contributed by atoms with Crippen molar-refractivity contribution < 1.29 is 14.3 Å². The standard InChI is InChI=1S/C32H30Cl2N2O3/c1-39-29-17-11-26(12-18-29)22-36(31(37)20-24-7-13-27(33)14-8-24)30(19-23-5-3-2-4-6-23)32(38)35-21-25-9-15-28(34)16-10-25/h2-18,30H,19-22H2,1H3,(H,35,38)/t30-/m1/s1. The summed E-state index contributed by atoms with van der Waals surface area (Å²) in [6.07, 6.45) is 0.513. The second-order valence-corrected chi connectivity index (χ2v) is 10.1. The molecule has 0 heterocycles. The van der Waals surface area contributed by atoms with E-state index in [1.807, 2.05) is 78.9 Å². The maximum atomic E-state index is 13.8. The number of nitrogens with one attached hydrogen (secondary N) is 1. The van der Waals surface area contributed by atoms with E-state index in [1.54, 1.807) is 36.3 Å². The molecule has 0 bridgehead atoms. The van der Waals surface area contributed by atoms with Crippen LogP contribution in [0.15, 0.2) is 103 Å². The van der Waals surface area contributed by atoms with E-state index in [4.69, 9.17) is 27.9 Å². The average Bonchev–Trinajstić information content (AvgIpc) is 2.96. The van der Waals surface area contributed by atoms with Gasteiger partial charge in [0.05, 0.1) is 13.5 Å². The minimum absolute atomic E-state index is 0.142. The van der Waals surface area contributed by atoms with Gasteiger partial charge in [0.2, 0.25) is 11.8 Å². The minimum Gasteiger partial charge on any atom is -0.497 e. The Balaban J connectivity index is 1.64. The Morgan fingerprint density at radius 1 is 0.744 bits per heavy atom. The maximum Gasteiger partial charge on any atom is 0.243 e. The van der Waals surface area contributed by atoms with Gasteiger partial charge in [-0.2, -0.15) is 0 Å². The highest BCUT2D eigenvalue weighted by Gasteiger charge is 2.30. The van der Waals surface area contributed by atoms with Crippen LogP contribution in [0.2, 0.25) is 10.0 Å². The molecule has 39 heavy (non-hydrogen) atoms. The van der Waals surface area contributed by atoms with Gasteiger partial charge in [-0.3, -0.25) is 9.59 Å². The molecule has 4 rings (SSSR count). The Kier molecular flexibility index (Phi) is 10.0. The summed E-state index contributed by atoms with van der Waals surface area (Å²) in [5.41, 5.74) is 3.59. The van der Waals surface area contributed by atoms with Crippen LogP contribution >= 0.6 is 23.2 Å². The lowest BCUT2D eigenvalue weighted by Crippen LogP contribution is -2.50. The summed E-state index contributed by atoms with van der Waals surface area (Å²) in [6.45, 7) is 0.589. The molecule has 0 unspecified atom stereocenters. The third-order valence-corrected chi connectivity index (χ3v) is 6.94. The van der Waals surface area contributed by atoms with Crippen LogP contribution in [-0.4, -0.2) is 29.9 Å². The van der Waals surface area contributed by atoms with Crippen molar-refractivity contribution in [1.29, 1.82) is 0 Å². The molecule has 200 valence electrons. The summed E-state index contributed by atoms with van der Waals surface area (Å²) in [7, 11) is 1.61. The first-order valence-electron chi connectivity index (χ1n) is 12.6. The number of nitrogens with zero attached hydrogens (tertiary/aromatic N) is 1. The second-order valence-electron chi connectivity index (χ2n) is 9.22. The van der Waals surface area contributed by atoms with Gasteiger partial charge in [0.15, 0.2) is 0 Å². The lowest BCUT2D eigenvalue weighted by molar-refractivity contribution is -0.140. The second kappa shape index (κ2) is 13.8. The molecule has 2 amide bonds. The largest absolute Gasteiger partial charge is 0.497 e. The number of methoxy groups -OCH3 is 1. The Bertz CT molecular complexity index is 1360. The maximum absolute atomic E-state index is 13.8. The molecule has 4 aromatic rings. The van der Waals surface area contributed by atoms with Crippen LogP contribution in [0, 0.1) is 0 Å². The molecule has 0 aliphatic heterocycles.